The van der Waals surface area contributed by atoms with Gasteiger partial charge < -0.3 is 5.32 Å². The second-order valence-corrected chi connectivity index (χ2v) is 9.91. The molecular weight excluding hydrogens is 429 g/mol. The molecule has 29 heavy (non-hydrogen) atoms. The van der Waals surface area contributed by atoms with Crippen LogP contribution in [0.25, 0.3) is 11.4 Å². The Kier molecular flexibility index (Phi) is 6.62. The molecule has 0 amide bonds. The van der Waals surface area contributed by atoms with Crippen LogP contribution in [0.2, 0.25) is 0 Å². The van der Waals surface area contributed by atoms with E-state index in [1.165, 1.54) is 5.56 Å². The van der Waals surface area contributed by atoms with Gasteiger partial charge in [0.15, 0.2) is 11.6 Å². The highest BCUT2D eigenvalue weighted by Crippen LogP contribution is 2.37. The van der Waals surface area contributed by atoms with Crippen LogP contribution in [-0.4, -0.2) is 26.5 Å². The van der Waals surface area contributed by atoms with Crippen LogP contribution in [0, 0.1) is 0 Å². The van der Waals surface area contributed by atoms with Gasteiger partial charge in [-0.2, -0.15) is 9.97 Å². The summed E-state index contributed by atoms with van der Waals surface area (Å²) >= 11 is 18.1. The lowest BCUT2D eigenvalue weighted by Crippen LogP contribution is -2.15. The molecule has 5 nitrogen and oxygen atoms in total. The van der Waals surface area contributed by atoms with Gasteiger partial charge in [-0.1, -0.05) is 85.9 Å². The van der Waals surface area contributed by atoms with Gasteiger partial charge in [0.1, 0.15) is 0 Å². The first-order valence-corrected chi connectivity index (χ1v) is 10.3. The van der Waals surface area contributed by atoms with Crippen molar-refractivity contribution in [3.63, 3.8) is 0 Å². The summed E-state index contributed by atoms with van der Waals surface area (Å²) in [5.41, 5.74) is 3.06. The van der Waals surface area contributed by atoms with Crippen molar-refractivity contribution >= 4 is 40.8 Å². The molecule has 0 atom stereocenters. The number of alkyl halides is 3. The van der Waals surface area contributed by atoms with Gasteiger partial charge in [-0.15, -0.1) is 0 Å². The topological polar surface area (TPSA) is 63.6 Å². The zero-order chi connectivity index (χ0) is 21.1. The summed E-state index contributed by atoms with van der Waals surface area (Å²) in [5.74, 6) is 0.877. The molecule has 3 aromatic rings. The standard InChI is InChI=1S/C21H22Cl3N5/c1-20(2,3)15-9-7-14(8-10-15)17-27-18(21(22,23)24)29-19(28-17)26-13-11-16-6-4-5-12-25-16/h4-10,12H,11,13H2,1-3H3,(H,26,27,28,29). The third-order valence-electron chi connectivity index (χ3n) is 4.29. The quantitative estimate of drug-likeness (QED) is 0.504. The lowest BCUT2D eigenvalue weighted by molar-refractivity contribution is 0.590. The first-order valence-electron chi connectivity index (χ1n) is 9.21. The summed E-state index contributed by atoms with van der Waals surface area (Å²) in [6.45, 7) is 7.07. The van der Waals surface area contributed by atoms with Crippen LogP contribution in [0.15, 0.2) is 48.7 Å². The first kappa shape index (κ1) is 21.8. The number of aromatic nitrogens is 4. The normalized spacial score (nSPS) is 12.1. The van der Waals surface area contributed by atoms with Crippen LogP contribution in [0.3, 0.4) is 0 Å². The fourth-order valence-corrected chi connectivity index (χ4v) is 2.93. The summed E-state index contributed by atoms with van der Waals surface area (Å²) in [6.07, 6.45) is 2.48. The average Bonchev–Trinajstić information content (AvgIpc) is 2.67. The zero-order valence-electron chi connectivity index (χ0n) is 16.5. The first-order chi connectivity index (χ1) is 13.6. The number of halogens is 3. The fraction of sp³-hybridized carbons (Fsp3) is 0.333. The number of benzene rings is 1. The molecule has 0 spiro atoms. The van der Waals surface area contributed by atoms with Crippen molar-refractivity contribution in [3.8, 4) is 11.4 Å². The van der Waals surface area contributed by atoms with E-state index in [4.69, 9.17) is 34.8 Å². The molecule has 0 aliphatic carbocycles. The van der Waals surface area contributed by atoms with Crippen LogP contribution in [0.5, 0.6) is 0 Å². The number of nitrogens with zero attached hydrogens (tertiary/aromatic N) is 4. The smallest absolute Gasteiger partial charge is 0.250 e. The predicted octanol–water partition coefficient (Wildman–Crippen LogP) is 5.71. The van der Waals surface area contributed by atoms with Gasteiger partial charge in [-0.25, -0.2) is 4.98 Å². The van der Waals surface area contributed by atoms with Crippen molar-refractivity contribution in [3.05, 3.63) is 65.7 Å². The van der Waals surface area contributed by atoms with Crippen LogP contribution < -0.4 is 5.32 Å². The van der Waals surface area contributed by atoms with Crippen LogP contribution >= 0.6 is 34.8 Å². The summed E-state index contributed by atoms with van der Waals surface area (Å²) in [4.78, 5) is 17.4. The molecule has 0 unspecified atom stereocenters. The third-order valence-corrected chi connectivity index (χ3v) is 4.80. The second-order valence-electron chi connectivity index (χ2n) is 7.63. The number of hydrogen-bond acceptors (Lipinski definition) is 5. The van der Waals surface area contributed by atoms with Crippen molar-refractivity contribution in [1.82, 2.24) is 19.9 Å². The number of nitrogens with one attached hydrogen (secondary N) is 1. The molecule has 0 aliphatic heterocycles. The summed E-state index contributed by atoms with van der Waals surface area (Å²) < 4.78 is -1.75. The van der Waals surface area contributed by atoms with E-state index in [0.717, 1.165) is 11.3 Å². The van der Waals surface area contributed by atoms with E-state index in [2.05, 4.69) is 58.2 Å². The Morgan fingerprint density at radius 3 is 2.21 bits per heavy atom. The molecular formula is C21H22Cl3N5. The Bertz CT molecular complexity index is 949. The minimum Gasteiger partial charge on any atom is -0.354 e. The van der Waals surface area contributed by atoms with Gasteiger partial charge in [0.05, 0.1) is 0 Å². The summed E-state index contributed by atoms with van der Waals surface area (Å²) in [6, 6.07) is 13.8. The van der Waals surface area contributed by atoms with Crippen molar-refractivity contribution in [1.29, 1.82) is 0 Å². The molecule has 0 radical (unpaired) electrons. The van der Waals surface area contributed by atoms with Crippen molar-refractivity contribution in [2.24, 2.45) is 0 Å². The average molecular weight is 451 g/mol. The van der Waals surface area contributed by atoms with Gasteiger partial charge in [0.2, 0.25) is 9.74 Å². The monoisotopic (exact) mass is 449 g/mol. The van der Waals surface area contributed by atoms with Gasteiger partial charge in [-0.3, -0.25) is 4.98 Å². The van der Waals surface area contributed by atoms with Crippen molar-refractivity contribution in [2.45, 2.75) is 36.4 Å². The van der Waals surface area contributed by atoms with Crippen molar-refractivity contribution in [2.75, 3.05) is 11.9 Å². The number of rotatable bonds is 5. The maximum absolute atomic E-state index is 6.05. The fourth-order valence-electron chi connectivity index (χ4n) is 2.68. The number of hydrogen-bond donors (Lipinski definition) is 1. The molecule has 0 saturated heterocycles. The van der Waals surface area contributed by atoms with E-state index < -0.39 is 3.79 Å². The molecule has 3 rings (SSSR count). The van der Waals surface area contributed by atoms with Crippen LogP contribution in [-0.2, 0) is 15.6 Å². The minimum absolute atomic E-state index is 0.0541. The lowest BCUT2D eigenvalue weighted by atomic mass is 9.87. The Morgan fingerprint density at radius 2 is 1.62 bits per heavy atom. The van der Waals surface area contributed by atoms with E-state index in [-0.39, 0.29) is 11.2 Å². The molecule has 0 saturated carbocycles. The van der Waals surface area contributed by atoms with E-state index in [1.807, 2.05) is 30.3 Å². The van der Waals surface area contributed by atoms with E-state index in [0.29, 0.717) is 24.7 Å². The Hall–Kier alpha value is -1.95. The molecule has 0 fully saturated rings. The summed E-state index contributed by atoms with van der Waals surface area (Å²) in [5, 5.41) is 3.17. The highest BCUT2D eigenvalue weighted by atomic mass is 35.6. The van der Waals surface area contributed by atoms with E-state index in [9.17, 15) is 0 Å². The van der Waals surface area contributed by atoms with E-state index in [1.54, 1.807) is 6.20 Å². The Balaban J connectivity index is 1.85. The molecule has 1 aromatic carbocycles. The second kappa shape index (κ2) is 8.82. The molecule has 0 aliphatic rings. The molecule has 2 aromatic heterocycles. The van der Waals surface area contributed by atoms with Gasteiger partial charge in [0.25, 0.3) is 0 Å². The van der Waals surface area contributed by atoms with E-state index >= 15 is 0 Å². The highest BCUT2D eigenvalue weighted by molar-refractivity contribution is 6.66. The zero-order valence-corrected chi connectivity index (χ0v) is 18.7. The molecule has 152 valence electrons. The maximum atomic E-state index is 6.05. The summed E-state index contributed by atoms with van der Waals surface area (Å²) in [7, 11) is 0. The van der Waals surface area contributed by atoms with Crippen LogP contribution in [0.4, 0.5) is 5.95 Å². The van der Waals surface area contributed by atoms with Crippen LogP contribution in [0.1, 0.15) is 37.9 Å². The van der Waals surface area contributed by atoms with Gasteiger partial charge in [-0.05, 0) is 23.1 Å². The molecule has 2 heterocycles. The number of pyridine rings is 1. The minimum atomic E-state index is -1.75. The third kappa shape index (κ3) is 6.01. The molecule has 1 N–H and O–H groups in total. The largest absolute Gasteiger partial charge is 0.354 e. The Morgan fingerprint density at radius 1 is 0.897 bits per heavy atom. The highest BCUT2D eigenvalue weighted by Gasteiger charge is 2.28. The Labute approximate surface area is 185 Å². The maximum Gasteiger partial charge on any atom is 0.250 e. The SMILES string of the molecule is CC(C)(C)c1ccc(-c2nc(NCCc3ccccn3)nc(C(Cl)(Cl)Cl)n2)cc1. The lowest BCUT2D eigenvalue weighted by Gasteiger charge is -2.19. The predicted molar refractivity (Wildman–Crippen MR) is 120 cm³/mol. The molecule has 0 bridgehead atoms. The van der Waals surface area contributed by atoms with Crippen molar-refractivity contribution < 1.29 is 0 Å². The van der Waals surface area contributed by atoms with Gasteiger partial charge in [0, 0.05) is 30.4 Å². The molecule has 8 heteroatoms. The van der Waals surface area contributed by atoms with Gasteiger partial charge >= 0.3 is 0 Å². The number of anilines is 1.